The molecule has 0 aliphatic heterocycles. The van der Waals surface area contributed by atoms with Crippen LogP contribution in [0.5, 0.6) is 0 Å². The van der Waals surface area contributed by atoms with Crippen LogP contribution < -0.4 is 0 Å². The second-order valence-corrected chi connectivity index (χ2v) is 5.65. The molecule has 19 heavy (non-hydrogen) atoms. The maximum Gasteiger partial charge on any atom is 0.185 e. The number of allylic oxidation sites excluding steroid dienone is 3. The molecule has 4 heteroatoms. The molecule has 1 heterocycles. The van der Waals surface area contributed by atoms with Gasteiger partial charge >= 0.3 is 0 Å². The molecule has 100 valence electrons. The molecule has 1 saturated carbocycles. The molecule has 1 fully saturated rings. The van der Waals surface area contributed by atoms with E-state index in [1.54, 1.807) is 22.6 Å². The smallest absolute Gasteiger partial charge is 0.185 e. The summed E-state index contributed by atoms with van der Waals surface area (Å²) >= 11 is 1.66. The highest BCUT2D eigenvalue weighted by molar-refractivity contribution is 7.10. The minimum Gasteiger partial charge on any atom is -0.303 e. The van der Waals surface area contributed by atoms with Gasteiger partial charge in [0.1, 0.15) is 0 Å². The SMILES string of the molecule is CN(C)/N=C/C=C1\CCC/C(=C\c2cccs2)C1=O. The van der Waals surface area contributed by atoms with Crippen molar-refractivity contribution in [3.8, 4) is 0 Å². The van der Waals surface area contributed by atoms with Crippen LogP contribution in [0, 0.1) is 0 Å². The molecule has 0 unspecified atom stereocenters. The Hall–Kier alpha value is -1.68. The van der Waals surface area contributed by atoms with E-state index in [0.717, 1.165) is 35.3 Å². The van der Waals surface area contributed by atoms with Crippen molar-refractivity contribution in [1.82, 2.24) is 5.01 Å². The first-order chi connectivity index (χ1) is 9.16. The van der Waals surface area contributed by atoms with Crippen LogP contribution in [0.1, 0.15) is 24.1 Å². The minimum atomic E-state index is 0.171. The zero-order valence-corrected chi connectivity index (χ0v) is 12.1. The molecule has 0 saturated heterocycles. The van der Waals surface area contributed by atoms with E-state index in [-0.39, 0.29) is 5.78 Å². The van der Waals surface area contributed by atoms with E-state index in [4.69, 9.17) is 0 Å². The lowest BCUT2D eigenvalue weighted by molar-refractivity contribution is -0.112. The number of Topliss-reactive ketones (excluding diaryl/α,β-unsaturated/α-hetero) is 1. The van der Waals surface area contributed by atoms with Gasteiger partial charge in [-0.2, -0.15) is 5.10 Å². The lowest BCUT2D eigenvalue weighted by Crippen LogP contribution is -2.12. The topological polar surface area (TPSA) is 32.7 Å². The van der Waals surface area contributed by atoms with Crippen LogP contribution in [0.25, 0.3) is 6.08 Å². The molecule has 1 aliphatic carbocycles. The predicted octanol–water partition coefficient (Wildman–Crippen LogP) is 3.36. The summed E-state index contributed by atoms with van der Waals surface area (Å²) in [6.07, 6.45) is 8.30. The number of hydrogen-bond acceptors (Lipinski definition) is 4. The molecule has 0 N–H and O–H groups in total. The molecule has 1 aromatic heterocycles. The fourth-order valence-corrected chi connectivity index (χ4v) is 2.68. The summed E-state index contributed by atoms with van der Waals surface area (Å²) in [6.45, 7) is 0. The van der Waals surface area contributed by atoms with Gasteiger partial charge in [0.05, 0.1) is 0 Å². The zero-order chi connectivity index (χ0) is 13.7. The second-order valence-electron chi connectivity index (χ2n) is 4.67. The van der Waals surface area contributed by atoms with Crippen molar-refractivity contribution in [2.24, 2.45) is 5.10 Å². The van der Waals surface area contributed by atoms with Gasteiger partial charge in [0, 0.05) is 36.3 Å². The minimum absolute atomic E-state index is 0.171. The molecule has 0 spiro atoms. The number of hydrazone groups is 1. The summed E-state index contributed by atoms with van der Waals surface area (Å²) in [5, 5.41) is 7.86. The van der Waals surface area contributed by atoms with Gasteiger partial charge in [0.15, 0.2) is 5.78 Å². The van der Waals surface area contributed by atoms with Gasteiger partial charge in [-0.1, -0.05) is 6.07 Å². The average Bonchev–Trinajstić information content (AvgIpc) is 2.86. The normalized spacial score (nSPS) is 20.6. The molecular formula is C15H18N2OS. The van der Waals surface area contributed by atoms with Gasteiger partial charge in [-0.3, -0.25) is 4.79 Å². The molecule has 1 aliphatic rings. The third-order valence-corrected chi connectivity index (χ3v) is 3.73. The Morgan fingerprint density at radius 1 is 1.32 bits per heavy atom. The first-order valence-corrected chi connectivity index (χ1v) is 7.24. The molecule has 0 aromatic carbocycles. The van der Waals surface area contributed by atoms with Crippen molar-refractivity contribution in [2.75, 3.05) is 14.1 Å². The fourth-order valence-electron chi connectivity index (χ4n) is 2.00. The van der Waals surface area contributed by atoms with Crippen molar-refractivity contribution in [3.05, 3.63) is 39.6 Å². The summed E-state index contributed by atoms with van der Waals surface area (Å²) in [4.78, 5) is 13.5. The third-order valence-electron chi connectivity index (χ3n) is 2.91. The van der Waals surface area contributed by atoms with Crippen molar-refractivity contribution >= 4 is 29.4 Å². The Bertz CT molecular complexity index is 524. The monoisotopic (exact) mass is 274 g/mol. The van der Waals surface area contributed by atoms with Crippen LogP contribution in [0.3, 0.4) is 0 Å². The van der Waals surface area contributed by atoms with Crippen LogP contribution >= 0.6 is 11.3 Å². The van der Waals surface area contributed by atoms with E-state index < -0.39 is 0 Å². The van der Waals surface area contributed by atoms with Crippen LogP contribution in [0.15, 0.2) is 39.8 Å². The fraction of sp³-hybridized carbons (Fsp3) is 0.333. The van der Waals surface area contributed by atoms with Gasteiger partial charge in [-0.05, 0) is 42.9 Å². The van der Waals surface area contributed by atoms with Crippen LogP contribution in [-0.4, -0.2) is 31.1 Å². The Labute approximate surface area is 117 Å². The summed E-state index contributed by atoms with van der Waals surface area (Å²) in [5.41, 5.74) is 1.78. The summed E-state index contributed by atoms with van der Waals surface area (Å²) < 4.78 is 0. The highest BCUT2D eigenvalue weighted by Crippen LogP contribution is 2.27. The van der Waals surface area contributed by atoms with Gasteiger partial charge in [0.2, 0.25) is 0 Å². The summed E-state index contributed by atoms with van der Waals surface area (Å²) in [7, 11) is 3.72. The summed E-state index contributed by atoms with van der Waals surface area (Å²) in [5.74, 6) is 0.171. The number of hydrogen-bond donors (Lipinski definition) is 0. The lowest BCUT2D eigenvalue weighted by atomic mass is 9.88. The van der Waals surface area contributed by atoms with Crippen molar-refractivity contribution in [3.63, 3.8) is 0 Å². The lowest BCUT2D eigenvalue weighted by Gasteiger charge is -2.15. The maximum absolute atomic E-state index is 12.3. The van der Waals surface area contributed by atoms with Gasteiger partial charge in [-0.15, -0.1) is 11.3 Å². The first-order valence-electron chi connectivity index (χ1n) is 6.36. The molecular weight excluding hydrogens is 256 g/mol. The molecule has 3 nitrogen and oxygen atoms in total. The Kier molecular flexibility index (Phi) is 4.68. The Morgan fingerprint density at radius 2 is 2.11 bits per heavy atom. The number of thiophene rings is 1. The zero-order valence-electron chi connectivity index (χ0n) is 11.3. The molecule has 0 radical (unpaired) electrons. The van der Waals surface area contributed by atoms with Crippen LogP contribution in [0.4, 0.5) is 0 Å². The number of ketones is 1. The quantitative estimate of drug-likeness (QED) is 0.481. The number of carbonyl (C=O) groups is 1. The van der Waals surface area contributed by atoms with Crippen molar-refractivity contribution < 1.29 is 4.79 Å². The third kappa shape index (κ3) is 3.89. The predicted molar refractivity (Wildman–Crippen MR) is 81.4 cm³/mol. The van der Waals surface area contributed by atoms with Gasteiger partial charge in [-0.25, -0.2) is 0 Å². The molecule has 1 aromatic rings. The van der Waals surface area contributed by atoms with Crippen molar-refractivity contribution in [2.45, 2.75) is 19.3 Å². The van der Waals surface area contributed by atoms with Gasteiger partial charge in [0.25, 0.3) is 0 Å². The molecule has 0 atom stereocenters. The van der Waals surface area contributed by atoms with Crippen molar-refractivity contribution in [1.29, 1.82) is 0 Å². The molecule has 0 bridgehead atoms. The van der Waals surface area contributed by atoms with Crippen LogP contribution in [-0.2, 0) is 4.79 Å². The number of nitrogens with zero attached hydrogens (tertiary/aromatic N) is 2. The number of rotatable bonds is 3. The van der Waals surface area contributed by atoms with E-state index in [1.165, 1.54) is 0 Å². The maximum atomic E-state index is 12.3. The molecule has 2 rings (SSSR count). The van der Waals surface area contributed by atoms with E-state index in [9.17, 15) is 4.79 Å². The largest absolute Gasteiger partial charge is 0.303 e. The Morgan fingerprint density at radius 3 is 2.79 bits per heavy atom. The highest BCUT2D eigenvalue weighted by atomic mass is 32.1. The summed E-state index contributed by atoms with van der Waals surface area (Å²) in [6, 6.07) is 4.04. The standard InChI is InChI=1S/C15H18N2OS/c1-17(2)16-9-8-12-5-3-6-13(15(12)18)11-14-7-4-10-19-14/h4,7-11H,3,5-6H2,1-2H3/b12-8+,13-11+,16-9+. The van der Waals surface area contributed by atoms with E-state index in [1.807, 2.05) is 43.8 Å². The second kappa shape index (κ2) is 6.48. The first kappa shape index (κ1) is 13.7. The van der Waals surface area contributed by atoms with E-state index >= 15 is 0 Å². The molecule has 0 amide bonds. The van der Waals surface area contributed by atoms with Crippen LogP contribution in [0.2, 0.25) is 0 Å². The number of carbonyl (C=O) groups excluding carboxylic acids is 1. The van der Waals surface area contributed by atoms with E-state index in [0.29, 0.717) is 0 Å². The average molecular weight is 274 g/mol. The van der Waals surface area contributed by atoms with Gasteiger partial charge < -0.3 is 5.01 Å². The van der Waals surface area contributed by atoms with E-state index in [2.05, 4.69) is 5.10 Å². The highest BCUT2D eigenvalue weighted by Gasteiger charge is 2.19. The Balaban J connectivity index is 2.15.